The summed E-state index contributed by atoms with van der Waals surface area (Å²) in [5, 5.41) is 29.6. The molecule has 1 aromatic rings. The molecule has 0 saturated carbocycles. The molecule has 1 aromatic carbocycles. The average Bonchev–Trinajstić information content (AvgIpc) is 3.13. The molecule has 9 heteroatoms. The van der Waals surface area contributed by atoms with Crippen molar-refractivity contribution < 1.29 is 19.7 Å². The Morgan fingerprint density at radius 2 is 2.26 bits per heavy atom. The van der Waals surface area contributed by atoms with Crippen LogP contribution in [0.15, 0.2) is 71.9 Å². The summed E-state index contributed by atoms with van der Waals surface area (Å²) in [5.41, 5.74) is 5.64. The minimum absolute atomic E-state index is 0.0112. The fraction of sp³-hybridized carbons (Fsp3) is 0.318. The van der Waals surface area contributed by atoms with Gasteiger partial charge in [-0.1, -0.05) is 30.4 Å². The highest BCUT2D eigenvalue weighted by Gasteiger charge is 2.36. The van der Waals surface area contributed by atoms with Gasteiger partial charge in [-0.2, -0.15) is 0 Å². The molecule has 0 aromatic heterocycles. The zero-order valence-electron chi connectivity index (χ0n) is 17.2. The van der Waals surface area contributed by atoms with Crippen LogP contribution >= 0.6 is 0 Å². The molecule has 2 unspecified atom stereocenters. The number of allylic oxidation sites excluding steroid dienone is 3. The van der Waals surface area contributed by atoms with Gasteiger partial charge < -0.3 is 30.9 Å². The molecule has 3 atom stereocenters. The molecule has 9 nitrogen and oxygen atoms in total. The first-order valence-corrected chi connectivity index (χ1v) is 10.2. The summed E-state index contributed by atoms with van der Waals surface area (Å²) < 4.78 is 5.56. The number of aliphatic hydroxyl groups is 2. The number of dihydropyridines is 1. The van der Waals surface area contributed by atoms with Crippen molar-refractivity contribution in [3.8, 4) is 5.75 Å². The maximum absolute atomic E-state index is 13.0. The van der Waals surface area contributed by atoms with Gasteiger partial charge in [0, 0.05) is 12.2 Å². The van der Waals surface area contributed by atoms with Crippen molar-refractivity contribution in [2.75, 3.05) is 19.8 Å². The molecular weight excluding hydrogens is 398 g/mol. The maximum Gasteiger partial charge on any atom is 0.276 e. The number of hydrogen-bond acceptors (Lipinski definition) is 8. The number of nitrogens with zero attached hydrogens (tertiary/aromatic N) is 1. The van der Waals surface area contributed by atoms with Crippen molar-refractivity contribution in [3.05, 3.63) is 77.4 Å². The smallest absolute Gasteiger partial charge is 0.276 e. The van der Waals surface area contributed by atoms with Gasteiger partial charge in [-0.25, -0.2) is 5.43 Å². The molecule has 0 radical (unpaired) electrons. The number of aliphatic hydroxyl groups excluding tert-OH is 2. The highest BCUT2D eigenvalue weighted by Crippen LogP contribution is 2.29. The van der Waals surface area contributed by atoms with E-state index in [4.69, 9.17) is 9.84 Å². The Morgan fingerprint density at radius 1 is 1.39 bits per heavy atom. The monoisotopic (exact) mass is 425 g/mol. The van der Waals surface area contributed by atoms with Gasteiger partial charge in [-0.05, 0) is 36.8 Å². The molecule has 0 aliphatic carbocycles. The summed E-state index contributed by atoms with van der Waals surface area (Å²) in [4.78, 5) is 13.0. The third-order valence-corrected chi connectivity index (χ3v) is 5.15. The quantitative estimate of drug-likeness (QED) is 0.341. The zero-order chi connectivity index (χ0) is 21.8. The third-order valence-electron chi connectivity index (χ3n) is 5.15. The zero-order valence-corrected chi connectivity index (χ0v) is 17.2. The highest BCUT2D eigenvalue weighted by molar-refractivity contribution is 5.95. The first kappa shape index (κ1) is 21.0. The number of rotatable bonds is 7. The van der Waals surface area contributed by atoms with E-state index in [1.165, 1.54) is 0 Å². The van der Waals surface area contributed by atoms with Crippen LogP contribution in [0.2, 0.25) is 0 Å². The Hall–Kier alpha value is -3.27. The number of benzene rings is 1. The molecule has 31 heavy (non-hydrogen) atoms. The van der Waals surface area contributed by atoms with Crippen LogP contribution < -0.4 is 26.1 Å². The second kappa shape index (κ2) is 9.25. The van der Waals surface area contributed by atoms with Crippen molar-refractivity contribution in [3.63, 3.8) is 0 Å². The molecule has 4 rings (SSSR count). The minimum atomic E-state index is -0.925. The van der Waals surface area contributed by atoms with Gasteiger partial charge in [-0.3, -0.25) is 9.80 Å². The molecule has 3 aliphatic rings. The van der Waals surface area contributed by atoms with E-state index in [0.29, 0.717) is 23.8 Å². The molecule has 3 aliphatic heterocycles. The van der Waals surface area contributed by atoms with E-state index in [9.17, 15) is 9.90 Å². The second-order valence-corrected chi connectivity index (χ2v) is 7.49. The summed E-state index contributed by atoms with van der Waals surface area (Å²) in [5.74, 6) is 1.04. The summed E-state index contributed by atoms with van der Waals surface area (Å²) in [7, 11) is 0. The first-order chi connectivity index (χ1) is 15.0. The van der Waals surface area contributed by atoms with Crippen LogP contribution in [0, 0.1) is 0 Å². The lowest BCUT2D eigenvalue weighted by Crippen LogP contribution is -2.51. The number of hydrazine groups is 1. The second-order valence-electron chi connectivity index (χ2n) is 7.49. The molecule has 0 saturated heterocycles. The van der Waals surface area contributed by atoms with Crippen molar-refractivity contribution in [2.45, 2.75) is 25.2 Å². The summed E-state index contributed by atoms with van der Waals surface area (Å²) >= 11 is 0. The lowest BCUT2D eigenvalue weighted by atomic mass is 10.0. The van der Waals surface area contributed by atoms with E-state index in [1.54, 1.807) is 6.07 Å². The predicted octanol–water partition coefficient (Wildman–Crippen LogP) is 0.114. The van der Waals surface area contributed by atoms with Crippen LogP contribution in [-0.2, 0) is 4.79 Å². The molecule has 1 amide bonds. The molecule has 164 valence electrons. The molecule has 0 bridgehead atoms. The number of nitrogens with one attached hydrogen (secondary N) is 4. The van der Waals surface area contributed by atoms with Gasteiger partial charge >= 0.3 is 0 Å². The van der Waals surface area contributed by atoms with Gasteiger partial charge in [0.2, 0.25) is 0 Å². The number of amides is 1. The third kappa shape index (κ3) is 4.74. The summed E-state index contributed by atoms with van der Waals surface area (Å²) in [6.07, 6.45) is 8.64. The summed E-state index contributed by atoms with van der Waals surface area (Å²) in [6, 6.07) is 7.31. The topological polar surface area (TPSA) is 118 Å². The first-order valence-electron chi connectivity index (χ1n) is 10.2. The molecule has 3 heterocycles. The minimum Gasteiger partial charge on any atom is -0.491 e. The lowest BCUT2D eigenvalue weighted by Gasteiger charge is -2.34. The Balaban J connectivity index is 1.47. The van der Waals surface area contributed by atoms with Crippen LogP contribution in [0.3, 0.4) is 0 Å². The largest absolute Gasteiger partial charge is 0.491 e. The standard InChI is InChI=1S/C22H27N5O4/c1-14-21(22(30)25-19-7-2-3-10-23-19)27-20(24-14)9-8-18(26-27)15-5-4-6-17(11-15)31-13-16(29)12-28/h2-9,11,16,18,20,23-24,26,28-29H,10,12-13H2,1H3,(H,25,30)/t16-,18?,20?/m1/s1. The van der Waals surface area contributed by atoms with Crippen LogP contribution in [0.5, 0.6) is 5.75 Å². The Labute approximate surface area is 180 Å². The van der Waals surface area contributed by atoms with Crippen molar-refractivity contribution >= 4 is 5.91 Å². The van der Waals surface area contributed by atoms with Gasteiger partial charge in [0.1, 0.15) is 36.1 Å². The van der Waals surface area contributed by atoms with Gasteiger partial charge in [-0.15, -0.1) is 0 Å². The predicted molar refractivity (Wildman–Crippen MR) is 115 cm³/mol. The maximum atomic E-state index is 13.0. The van der Waals surface area contributed by atoms with Crippen LogP contribution in [0.1, 0.15) is 18.5 Å². The Morgan fingerprint density at radius 3 is 3.03 bits per heavy atom. The molecular formula is C22H27N5O4. The molecule has 0 spiro atoms. The normalized spacial score (nSPS) is 22.9. The Bertz CT molecular complexity index is 955. The van der Waals surface area contributed by atoms with E-state index < -0.39 is 6.10 Å². The van der Waals surface area contributed by atoms with E-state index >= 15 is 0 Å². The average molecular weight is 425 g/mol. The number of ether oxygens (including phenoxy) is 1. The van der Waals surface area contributed by atoms with Gasteiger partial charge in [0.05, 0.1) is 12.6 Å². The highest BCUT2D eigenvalue weighted by atomic mass is 16.5. The van der Waals surface area contributed by atoms with Crippen LogP contribution in [0.4, 0.5) is 0 Å². The van der Waals surface area contributed by atoms with Crippen LogP contribution in [-0.4, -0.2) is 53.2 Å². The van der Waals surface area contributed by atoms with E-state index in [1.807, 2.05) is 60.5 Å². The number of fused-ring (bicyclic) bond motifs is 1. The SMILES string of the molecule is CC1=C(C(=O)NC2=CC=CCN2)N2NC(c3cccc(OC[C@H](O)CO)c3)C=CC2N1. The number of hydrogen-bond donors (Lipinski definition) is 6. The summed E-state index contributed by atoms with van der Waals surface area (Å²) in [6.45, 7) is 2.21. The lowest BCUT2D eigenvalue weighted by molar-refractivity contribution is -0.119. The molecule has 6 N–H and O–H groups in total. The van der Waals surface area contributed by atoms with Crippen LogP contribution in [0.25, 0.3) is 0 Å². The van der Waals surface area contributed by atoms with Crippen molar-refractivity contribution in [1.82, 2.24) is 26.4 Å². The Kier molecular flexibility index (Phi) is 6.26. The van der Waals surface area contributed by atoms with Gasteiger partial charge in [0.15, 0.2) is 0 Å². The molecule has 0 fully saturated rings. The van der Waals surface area contributed by atoms with Crippen molar-refractivity contribution in [1.29, 1.82) is 0 Å². The fourth-order valence-electron chi connectivity index (χ4n) is 3.60. The van der Waals surface area contributed by atoms with E-state index in [2.05, 4.69) is 21.4 Å². The number of carbonyl (C=O) groups is 1. The van der Waals surface area contributed by atoms with E-state index in [0.717, 1.165) is 11.3 Å². The van der Waals surface area contributed by atoms with Gasteiger partial charge in [0.25, 0.3) is 5.91 Å². The number of carbonyl (C=O) groups excluding carboxylic acids is 1. The van der Waals surface area contributed by atoms with E-state index in [-0.39, 0.29) is 31.3 Å². The van der Waals surface area contributed by atoms with Crippen molar-refractivity contribution in [2.24, 2.45) is 0 Å². The fourth-order valence-corrected chi connectivity index (χ4v) is 3.60.